The van der Waals surface area contributed by atoms with E-state index in [2.05, 4.69) is 0 Å². The van der Waals surface area contributed by atoms with E-state index in [0.717, 1.165) is 37.3 Å². The quantitative estimate of drug-likeness (QED) is 0.855. The summed E-state index contributed by atoms with van der Waals surface area (Å²) in [6.45, 7) is 1.52. The van der Waals surface area contributed by atoms with Gasteiger partial charge in [-0.3, -0.25) is 9.59 Å². The SMILES string of the molecule is O=C1CCCN1c1cccc(Oc2cccc(N3CCCC3=O)c2)c1. The molecule has 2 aromatic carbocycles. The molecule has 2 heterocycles. The molecule has 25 heavy (non-hydrogen) atoms. The minimum absolute atomic E-state index is 0.159. The Bertz CT molecular complexity index is 751. The van der Waals surface area contributed by atoms with E-state index in [1.165, 1.54) is 0 Å². The number of anilines is 2. The summed E-state index contributed by atoms with van der Waals surface area (Å²) in [5.41, 5.74) is 1.73. The molecule has 2 aliphatic heterocycles. The van der Waals surface area contributed by atoms with Gasteiger partial charge in [-0.1, -0.05) is 12.1 Å². The average Bonchev–Trinajstić information content (AvgIpc) is 3.23. The normalized spacial score (nSPS) is 17.4. The Kier molecular flexibility index (Phi) is 4.14. The number of rotatable bonds is 4. The third kappa shape index (κ3) is 3.22. The molecular formula is C20H20N2O3. The maximum atomic E-state index is 11.9. The molecule has 5 heteroatoms. The fourth-order valence-electron chi connectivity index (χ4n) is 3.41. The Morgan fingerprint density at radius 2 is 1.20 bits per heavy atom. The molecule has 0 atom stereocenters. The van der Waals surface area contributed by atoms with Crippen molar-refractivity contribution in [2.45, 2.75) is 25.7 Å². The Labute approximate surface area is 146 Å². The monoisotopic (exact) mass is 336 g/mol. The Hall–Kier alpha value is -2.82. The Balaban J connectivity index is 1.54. The van der Waals surface area contributed by atoms with Gasteiger partial charge in [0.25, 0.3) is 0 Å². The molecular weight excluding hydrogens is 316 g/mol. The lowest BCUT2D eigenvalue weighted by molar-refractivity contribution is -0.117. The van der Waals surface area contributed by atoms with Crippen molar-refractivity contribution in [1.29, 1.82) is 0 Å². The lowest BCUT2D eigenvalue weighted by Gasteiger charge is -2.18. The summed E-state index contributed by atoms with van der Waals surface area (Å²) in [6, 6.07) is 15.2. The fraction of sp³-hybridized carbons (Fsp3) is 0.300. The molecule has 2 fully saturated rings. The first-order chi connectivity index (χ1) is 12.2. The van der Waals surface area contributed by atoms with E-state index in [1.54, 1.807) is 9.80 Å². The molecule has 0 radical (unpaired) electrons. The predicted octanol–water partition coefficient (Wildman–Crippen LogP) is 3.73. The molecule has 0 N–H and O–H groups in total. The summed E-state index contributed by atoms with van der Waals surface area (Å²) in [5, 5.41) is 0. The van der Waals surface area contributed by atoms with Crippen LogP contribution in [0.1, 0.15) is 25.7 Å². The molecule has 2 aliphatic rings. The summed E-state index contributed by atoms with van der Waals surface area (Å²) >= 11 is 0. The van der Waals surface area contributed by atoms with Crippen LogP contribution in [0.25, 0.3) is 0 Å². The van der Waals surface area contributed by atoms with Crippen LogP contribution in [0.5, 0.6) is 11.5 Å². The molecule has 0 saturated carbocycles. The second-order valence-electron chi connectivity index (χ2n) is 6.39. The molecule has 2 aromatic rings. The predicted molar refractivity (Wildman–Crippen MR) is 96.1 cm³/mol. The molecule has 0 unspecified atom stereocenters. The number of carbonyl (C=O) groups is 2. The van der Waals surface area contributed by atoms with E-state index in [0.29, 0.717) is 24.3 Å². The zero-order valence-corrected chi connectivity index (χ0v) is 14.0. The van der Waals surface area contributed by atoms with E-state index in [1.807, 2.05) is 48.5 Å². The van der Waals surface area contributed by atoms with Crippen molar-refractivity contribution in [1.82, 2.24) is 0 Å². The minimum Gasteiger partial charge on any atom is -0.457 e. The summed E-state index contributed by atoms with van der Waals surface area (Å²) in [7, 11) is 0. The highest BCUT2D eigenvalue weighted by Gasteiger charge is 2.23. The number of ether oxygens (including phenoxy) is 1. The van der Waals surface area contributed by atoms with Crippen LogP contribution in [-0.2, 0) is 9.59 Å². The van der Waals surface area contributed by atoms with Crippen LogP contribution in [0.4, 0.5) is 11.4 Å². The van der Waals surface area contributed by atoms with Crippen molar-refractivity contribution in [3.8, 4) is 11.5 Å². The maximum absolute atomic E-state index is 11.9. The molecule has 2 amide bonds. The van der Waals surface area contributed by atoms with Gasteiger partial charge < -0.3 is 14.5 Å². The van der Waals surface area contributed by atoms with Gasteiger partial charge in [0.2, 0.25) is 11.8 Å². The highest BCUT2D eigenvalue weighted by molar-refractivity contribution is 5.96. The van der Waals surface area contributed by atoms with Crippen molar-refractivity contribution in [3.63, 3.8) is 0 Å². The van der Waals surface area contributed by atoms with Crippen LogP contribution in [0, 0.1) is 0 Å². The standard InChI is InChI=1S/C20H20N2O3/c23-19-9-3-11-21(19)15-5-1-7-17(13-15)25-18-8-2-6-16(14-18)22-12-4-10-20(22)24/h1-2,5-8,13-14H,3-4,9-12H2. The first-order valence-electron chi connectivity index (χ1n) is 8.69. The number of amides is 2. The van der Waals surface area contributed by atoms with Gasteiger partial charge in [0, 0.05) is 49.4 Å². The average molecular weight is 336 g/mol. The largest absolute Gasteiger partial charge is 0.457 e. The van der Waals surface area contributed by atoms with Gasteiger partial charge >= 0.3 is 0 Å². The zero-order chi connectivity index (χ0) is 17.2. The molecule has 0 aromatic heterocycles. The van der Waals surface area contributed by atoms with Crippen LogP contribution in [0.15, 0.2) is 48.5 Å². The van der Waals surface area contributed by atoms with E-state index in [-0.39, 0.29) is 11.8 Å². The van der Waals surface area contributed by atoms with Crippen molar-refractivity contribution in [2.75, 3.05) is 22.9 Å². The van der Waals surface area contributed by atoms with Gasteiger partial charge in [-0.25, -0.2) is 0 Å². The third-order valence-corrected chi connectivity index (χ3v) is 4.64. The van der Waals surface area contributed by atoms with E-state index < -0.39 is 0 Å². The van der Waals surface area contributed by atoms with Crippen molar-refractivity contribution in [2.24, 2.45) is 0 Å². The first kappa shape index (κ1) is 15.7. The van der Waals surface area contributed by atoms with Gasteiger partial charge in [-0.2, -0.15) is 0 Å². The smallest absolute Gasteiger partial charge is 0.227 e. The highest BCUT2D eigenvalue weighted by atomic mass is 16.5. The Morgan fingerprint density at radius 1 is 0.720 bits per heavy atom. The minimum atomic E-state index is 0.159. The van der Waals surface area contributed by atoms with Crippen LogP contribution >= 0.6 is 0 Å². The van der Waals surface area contributed by atoms with Gasteiger partial charge in [0.1, 0.15) is 11.5 Å². The summed E-state index contributed by atoms with van der Waals surface area (Å²) in [6.07, 6.45) is 3.01. The van der Waals surface area contributed by atoms with E-state index >= 15 is 0 Å². The van der Waals surface area contributed by atoms with Gasteiger partial charge in [-0.15, -0.1) is 0 Å². The first-order valence-corrected chi connectivity index (χ1v) is 8.69. The van der Waals surface area contributed by atoms with Crippen LogP contribution in [-0.4, -0.2) is 24.9 Å². The zero-order valence-electron chi connectivity index (χ0n) is 14.0. The molecule has 2 saturated heterocycles. The lowest BCUT2D eigenvalue weighted by Crippen LogP contribution is -2.23. The highest BCUT2D eigenvalue weighted by Crippen LogP contribution is 2.31. The maximum Gasteiger partial charge on any atom is 0.227 e. The van der Waals surface area contributed by atoms with Crippen molar-refractivity contribution in [3.05, 3.63) is 48.5 Å². The van der Waals surface area contributed by atoms with E-state index in [4.69, 9.17) is 4.74 Å². The van der Waals surface area contributed by atoms with Crippen LogP contribution in [0.2, 0.25) is 0 Å². The fourth-order valence-corrected chi connectivity index (χ4v) is 3.41. The van der Waals surface area contributed by atoms with Crippen molar-refractivity contribution < 1.29 is 14.3 Å². The molecule has 0 spiro atoms. The summed E-state index contributed by atoms with van der Waals surface area (Å²) < 4.78 is 5.97. The second kappa shape index (κ2) is 6.59. The number of carbonyl (C=O) groups excluding carboxylic acids is 2. The second-order valence-corrected chi connectivity index (χ2v) is 6.39. The molecule has 0 bridgehead atoms. The van der Waals surface area contributed by atoms with Gasteiger partial charge in [0.15, 0.2) is 0 Å². The molecule has 0 aliphatic carbocycles. The topological polar surface area (TPSA) is 49.9 Å². The van der Waals surface area contributed by atoms with E-state index in [9.17, 15) is 9.59 Å². The third-order valence-electron chi connectivity index (χ3n) is 4.64. The lowest BCUT2D eigenvalue weighted by atomic mass is 10.2. The summed E-state index contributed by atoms with van der Waals surface area (Å²) in [5.74, 6) is 1.68. The van der Waals surface area contributed by atoms with Gasteiger partial charge in [-0.05, 0) is 37.1 Å². The van der Waals surface area contributed by atoms with Crippen molar-refractivity contribution >= 4 is 23.2 Å². The number of hydrogen-bond donors (Lipinski definition) is 0. The Morgan fingerprint density at radius 3 is 1.60 bits per heavy atom. The molecule has 4 rings (SSSR count). The summed E-state index contributed by atoms with van der Waals surface area (Å²) in [4.78, 5) is 27.4. The van der Waals surface area contributed by atoms with Crippen LogP contribution < -0.4 is 14.5 Å². The molecule has 5 nitrogen and oxygen atoms in total. The van der Waals surface area contributed by atoms with Crippen LogP contribution in [0.3, 0.4) is 0 Å². The number of benzene rings is 2. The number of nitrogens with zero attached hydrogens (tertiary/aromatic N) is 2. The number of hydrogen-bond acceptors (Lipinski definition) is 3. The molecule has 128 valence electrons. The van der Waals surface area contributed by atoms with Gasteiger partial charge in [0.05, 0.1) is 0 Å².